The van der Waals surface area contributed by atoms with Crippen LogP contribution in [0.3, 0.4) is 0 Å². The molecule has 0 saturated carbocycles. The summed E-state index contributed by atoms with van der Waals surface area (Å²) in [6.45, 7) is -0.0714. The molecular weight excluding hydrogens is 445 g/mol. The molecule has 9 nitrogen and oxygen atoms in total. The number of carbonyl (C=O) groups excluding carboxylic acids is 1. The number of aromatic nitrogens is 2. The van der Waals surface area contributed by atoms with Crippen LogP contribution in [0.5, 0.6) is 5.75 Å². The van der Waals surface area contributed by atoms with E-state index in [1.807, 2.05) is 0 Å². The number of ether oxygens (including phenoxy) is 1. The highest BCUT2D eigenvalue weighted by molar-refractivity contribution is 8.13. The zero-order chi connectivity index (χ0) is 23.7. The summed E-state index contributed by atoms with van der Waals surface area (Å²) in [6.07, 6.45) is 5.81. The van der Waals surface area contributed by atoms with E-state index in [0.717, 1.165) is 16.3 Å². The summed E-state index contributed by atoms with van der Waals surface area (Å²) in [7, 11) is 3.22. The largest absolute Gasteiger partial charge is 0.481 e. The summed E-state index contributed by atoms with van der Waals surface area (Å²) in [5, 5.41) is 17.2. The quantitative estimate of drug-likeness (QED) is 0.311. The van der Waals surface area contributed by atoms with Gasteiger partial charge in [-0.15, -0.1) is 0 Å². The van der Waals surface area contributed by atoms with Crippen molar-refractivity contribution in [1.29, 1.82) is 10.8 Å². The van der Waals surface area contributed by atoms with Crippen LogP contribution in [-0.4, -0.2) is 47.5 Å². The summed E-state index contributed by atoms with van der Waals surface area (Å²) in [4.78, 5) is 22.4. The van der Waals surface area contributed by atoms with Crippen molar-refractivity contribution in [1.82, 2.24) is 9.55 Å². The molecule has 3 aromatic rings. The van der Waals surface area contributed by atoms with E-state index in [0.29, 0.717) is 38.4 Å². The summed E-state index contributed by atoms with van der Waals surface area (Å²) in [6, 6.07) is 6.53. The highest BCUT2D eigenvalue weighted by Gasteiger charge is 2.25. The first-order valence-corrected chi connectivity index (χ1v) is 10.6. The molecule has 0 unspecified atom stereocenters. The van der Waals surface area contributed by atoms with Gasteiger partial charge in [-0.1, -0.05) is 11.8 Å². The maximum absolute atomic E-state index is 14.5. The first-order chi connectivity index (χ1) is 15.8. The van der Waals surface area contributed by atoms with Crippen LogP contribution < -0.4 is 20.9 Å². The van der Waals surface area contributed by atoms with Gasteiger partial charge in [0.2, 0.25) is 0 Å². The summed E-state index contributed by atoms with van der Waals surface area (Å²) in [5.41, 5.74) is 7.25. The van der Waals surface area contributed by atoms with E-state index in [1.54, 1.807) is 38.5 Å². The Kier molecular flexibility index (Phi) is 5.97. The predicted octanol–water partition coefficient (Wildman–Crippen LogP) is 2.59. The minimum atomic E-state index is -0.792. The van der Waals surface area contributed by atoms with Crippen molar-refractivity contribution in [3.63, 3.8) is 0 Å². The van der Waals surface area contributed by atoms with Gasteiger partial charge in [-0.05, 0) is 24.3 Å². The molecule has 0 atom stereocenters. The van der Waals surface area contributed by atoms with Gasteiger partial charge in [0.25, 0.3) is 5.91 Å². The lowest BCUT2D eigenvalue weighted by molar-refractivity contribution is -0.120. The van der Waals surface area contributed by atoms with E-state index in [9.17, 15) is 9.18 Å². The number of amides is 1. The molecule has 3 heterocycles. The Morgan fingerprint density at radius 3 is 2.91 bits per heavy atom. The fourth-order valence-corrected chi connectivity index (χ4v) is 4.13. The molecule has 33 heavy (non-hydrogen) atoms. The van der Waals surface area contributed by atoms with Crippen LogP contribution in [0.4, 0.5) is 10.1 Å². The van der Waals surface area contributed by atoms with Crippen molar-refractivity contribution in [2.75, 3.05) is 25.6 Å². The number of nitrogens with zero attached hydrogens (tertiary/aromatic N) is 4. The normalized spacial score (nSPS) is 14.0. The maximum Gasteiger partial charge on any atom is 0.264 e. The van der Waals surface area contributed by atoms with Gasteiger partial charge in [0.1, 0.15) is 5.69 Å². The zero-order valence-corrected chi connectivity index (χ0v) is 18.6. The maximum atomic E-state index is 14.5. The van der Waals surface area contributed by atoms with Crippen LogP contribution in [-0.2, 0) is 4.79 Å². The molecular formula is C22H20FN7O2S. The molecule has 168 valence electrons. The second-order valence-corrected chi connectivity index (χ2v) is 8.17. The minimum Gasteiger partial charge on any atom is -0.481 e. The van der Waals surface area contributed by atoms with Gasteiger partial charge < -0.3 is 15.4 Å². The average molecular weight is 466 g/mol. The van der Waals surface area contributed by atoms with E-state index >= 15 is 0 Å². The fraction of sp³-hybridized carbons (Fsp3) is 0.136. The van der Waals surface area contributed by atoms with Crippen LogP contribution in [0.2, 0.25) is 0 Å². The van der Waals surface area contributed by atoms with Crippen LogP contribution >= 0.6 is 11.8 Å². The van der Waals surface area contributed by atoms with Crippen molar-refractivity contribution >= 4 is 51.2 Å². The Balaban J connectivity index is 1.72. The van der Waals surface area contributed by atoms with Gasteiger partial charge in [-0.3, -0.25) is 30.2 Å². The summed E-state index contributed by atoms with van der Waals surface area (Å²) in [5.74, 6) is -0.426. The Hall–Kier alpha value is -3.99. The molecule has 1 aromatic carbocycles. The number of thioether (sulfide) groups is 1. The molecule has 0 spiro atoms. The zero-order valence-electron chi connectivity index (χ0n) is 17.8. The van der Waals surface area contributed by atoms with E-state index in [1.165, 1.54) is 29.6 Å². The lowest BCUT2D eigenvalue weighted by Crippen LogP contribution is -2.35. The Labute approximate surface area is 192 Å². The number of allylic oxidation sites excluding steroid dienone is 1. The molecule has 0 saturated heterocycles. The van der Waals surface area contributed by atoms with Crippen molar-refractivity contribution in [2.24, 2.45) is 10.7 Å². The van der Waals surface area contributed by atoms with E-state index in [4.69, 9.17) is 21.3 Å². The number of nitrogens with one attached hydrogen (secondary N) is 2. The van der Waals surface area contributed by atoms with Gasteiger partial charge in [0, 0.05) is 54.1 Å². The van der Waals surface area contributed by atoms with Crippen LogP contribution in [0, 0.1) is 16.6 Å². The molecule has 2 aromatic heterocycles. The Bertz CT molecular complexity index is 1410. The number of benzene rings is 1. The number of pyridine rings is 2. The predicted molar refractivity (Wildman–Crippen MR) is 126 cm³/mol. The number of carbonyl (C=O) groups is 1. The van der Waals surface area contributed by atoms with E-state index in [-0.39, 0.29) is 17.7 Å². The van der Waals surface area contributed by atoms with Crippen molar-refractivity contribution in [3.05, 3.63) is 59.7 Å². The highest BCUT2D eigenvalue weighted by atomic mass is 32.2. The third-order valence-electron chi connectivity index (χ3n) is 5.08. The molecule has 1 aliphatic rings. The molecule has 1 amide bonds. The number of fused-ring (bicyclic) bond motifs is 3. The number of halogens is 1. The smallest absolute Gasteiger partial charge is 0.264 e. The highest BCUT2D eigenvalue weighted by Crippen LogP contribution is 2.38. The number of nitrogens with two attached hydrogens (primary N) is 1. The number of rotatable bonds is 3. The van der Waals surface area contributed by atoms with Crippen molar-refractivity contribution < 1.29 is 13.9 Å². The van der Waals surface area contributed by atoms with E-state index < -0.39 is 11.3 Å². The Morgan fingerprint density at radius 1 is 1.39 bits per heavy atom. The fourth-order valence-electron chi connectivity index (χ4n) is 3.35. The number of aliphatic imine (C=N–C) groups is 1. The summed E-state index contributed by atoms with van der Waals surface area (Å²) < 4.78 is 21.3. The molecule has 0 radical (unpaired) electrons. The number of hydrogen-bond acceptors (Lipinski definition) is 8. The molecule has 0 aliphatic carbocycles. The molecule has 4 rings (SSSR count). The second kappa shape index (κ2) is 8.87. The number of hydrogen-bond donors (Lipinski definition) is 3. The third kappa shape index (κ3) is 4.10. The first-order valence-electron chi connectivity index (χ1n) is 9.74. The average Bonchev–Trinajstić information content (AvgIpc) is 2.81. The molecule has 1 aliphatic heterocycles. The van der Waals surface area contributed by atoms with Gasteiger partial charge in [0.15, 0.2) is 28.8 Å². The lowest BCUT2D eigenvalue weighted by Gasteiger charge is -2.26. The van der Waals surface area contributed by atoms with E-state index in [2.05, 4.69) is 9.98 Å². The van der Waals surface area contributed by atoms with Gasteiger partial charge in [0.05, 0.1) is 11.7 Å². The molecule has 0 fully saturated rings. The molecule has 11 heteroatoms. The standard InChI is InChI=1S/C22H20FN7O2S/c1-27-8-13(7-24)12-5-16(23)21(25)30(10-12)22(26)33-14-3-4-17-15(6-14)20-18(9-28-17)29(2)19(31)11-32-20/h3-10,25-26H,11,24H2,1-2H3/b13-7+,25-21?,26-22?,27-8?. The minimum absolute atomic E-state index is 0.0714. The number of anilines is 1. The topological polar surface area (TPSA) is 133 Å². The lowest BCUT2D eigenvalue weighted by atomic mass is 10.1. The van der Waals surface area contributed by atoms with Gasteiger partial charge >= 0.3 is 0 Å². The SMILES string of the molecule is CN=C/C(=C\N)c1cc(F)c(=N)n(C(=N)Sc2ccc3ncc4c(c3c2)OCC(=O)N4C)c1. The molecule has 4 N–H and O–H groups in total. The van der Waals surface area contributed by atoms with Crippen LogP contribution in [0.15, 0.2) is 52.7 Å². The van der Waals surface area contributed by atoms with Crippen molar-refractivity contribution in [2.45, 2.75) is 4.90 Å². The third-order valence-corrected chi connectivity index (χ3v) is 5.96. The van der Waals surface area contributed by atoms with Gasteiger partial charge in [-0.2, -0.15) is 0 Å². The summed E-state index contributed by atoms with van der Waals surface area (Å²) >= 11 is 1.04. The monoisotopic (exact) mass is 465 g/mol. The van der Waals surface area contributed by atoms with Crippen LogP contribution in [0.1, 0.15) is 5.56 Å². The Morgan fingerprint density at radius 2 is 2.18 bits per heavy atom. The first kappa shape index (κ1) is 22.2. The molecule has 0 bridgehead atoms. The van der Waals surface area contributed by atoms with Crippen LogP contribution in [0.25, 0.3) is 16.5 Å². The van der Waals surface area contributed by atoms with Gasteiger partial charge in [-0.25, -0.2) is 4.39 Å². The number of likely N-dealkylation sites (N-methyl/N-ethyl adjacent to an activating group) is 1. The van der Waals surface area contributed by atoms with Crippen molar-refractivity contribution in [3.8, 4) is 5.75 Å². The second-order valence-electron chi connectivity index (χ2n) is 7.10.